The predicted octanol–water partition coefficient (Wildman–Crippen LogP) is 3.46. The highest BCUT2D eigenvalue weighted by atomic mass is 16.5. The van der Waals surface area contributed by atoms with E-state index < -0.39 is 0 Å². The lowest BCUT2D eigenvalue weighted by Crippen LogP contribution is -2.32. The molecule has 26 heavy (non-hydrogen) atoms. The van der Waals surface area contributed by atoms with Crippen LogP contribution in [0.3, 0.4) is 0 Å². The van der Waals surface area contributed by atoms with Gasteiger partial charge in [-0.3, -0.25) is 4.99 Å². The van der Waals surface area contributed by atoms with Gasteiger partial charge in [-0.25, -0.2) is 0 Å². The van der Waals surface area contributed by atoms with Crippen LogP contribution in [0.15, 0.2) is 23.2 Å². The largest absolute Gasteiger partial charge is 0.490 e. The number of fused-ring (bicyclic) bond motifs is 1. The molecule has 2 heterocycles. The van der Waals surface area contributed by atoms with Crippen LogP contribution < -0.4 is 20.5 Å². The van der Waals surface area contributed by atoms with Crippen molar-refractivity contribution in [3.8, 4) is 11.5 Å². The SMILES string of the molecule is NC(=NCC1CCC2(CCCCC2)O1)Nc1ccc2c(c1)OCCCO2. The molecule has 1 atom stereocenters. The first-order chi connectivity index (χ1) is 12.7. The number of rotatable bonds is 3. The fourth-order valence-corrected chi connectivity index (χ4v) is 4.22. The fraction of sp³-hybridized carbons (Fsp3) is 0.650. The van der Waals surface area contributed by atoms with E-state index in [1.165, 1.54) is 38.5 Å². The summed E-state index contributed by atoms with van der Waals surface area (Å²) in [6, 6.07) is 5.74. The number of anilines is 1. The molecular formula is C20H29N3O3. The van der Waals surface area contributed by atoms with E-state index in [0.717, 1.165) is 30.0 Å². The molecule has 6 heteroatoms. The summed E-state index contributed by atoms with van der Waals surface area (Å²) in [5, 5.41) is 3.14. The minimum Gasteiger partial charge on any atom is -0.490 e. The third kappa shape index (κ3) is 4.06. The zero-order chi connectivity index (χ0) is 17.8. The Labute approximate surface area is 155 Å². The molecule has 4 rings (SSSR count). The second-order valence-electron chi connectivity index (χ2n) is 7.59. The maximum atomic E-state index is 6.35. The van der Waals surface area contributed by atoms with Crippen LogP contribution in [0.4, 0.5) is 5.69 Å². The number of nitrogens with two attached hydrogens (primary N) is 1. The molecule has 1 aliphatic carbocycles. The highest BCUT2D eigenvalue weighted by Gasteiger charge is 2.40. The van der Waals surface area contributed by atoms with Gasteiger partial charge in [0.25, 0.3) is 0 Å². The smallest absolute Gasteiger partial charge is 0.193 e. The van der Waals surface area contributed by atoms with Crippen LogP contribution in [-0.2, 0) is 4.74 Å². The Bertz CT molecular complexity index is 656. The molecule has 3 N–H and O–H groups in total. The second-order valence-corrected chi connectivity index (χ2v) is 7.59. The van der Waals surface area contributed by atoms with Crippen LogP contribution in [0.25, 0.3) is 0 Å². The molecule has 6 nitrogen and oxygen atoms in total. The molecule has 0 amide bonds. The van der Waals surface area contributed by atoms with Crippen LogP contribution in [0.5, 0.6) is 11.5 Å². The number of aliphatic imine (C=N–C) groups is 1. The van der Waals surface area contributed by atoms with Crippen LogP contribution in [0.2, 0.25) is 0 Å². The molecule has 1 saturated heterocycles. The van der Waals surface area contributed by atoms with Crippen molar-refractivity contribution < 1.29 is 14.2 Å². The quantitative estimate of drug-likeness (QED) is 0.638. The molecule has 0 aromatic heterocycles. The summed E-state index contributed by atoms with van der Waals surface area (Å²) in [5.41, 5.74) is 7.06. The van der Waals surface area contributed by atoms with Crippen molar-refractivity contribution in [2.75, 3.05) is 25.1 Å². The van der Waals surface area contributed by atoms with E-state index in [0.29, 0.717) is 25.7 Å². The van der Waals surface area contributed by atoms with Crippen molar-refractivity contribution in [1.29, 1.82) is 0 Å². The Morgan fingerprint density at radius 3 is 2.73 bits per heavy atom. The molecule has 1 unspecified atom stereocenters. The van der Waals surface area contributed by atoms with Gasteiger partial charge in [0.1, 0.15) is 0 Å². The van der Waals surface area contributed by atoms with Crippen LogP contribution in [0, 0.1) is 0 Å². The lowest BCUT2D eigenvalue weighted by Gasteiger charge is -2.33. The number of nitrogens with zero attached hydrogens (tertiary/aromatic N) is 1. The van der Waals surface area contributed by atoms with E-state index in [1.54, 1.807) is 0 Å². The average Bonchev–Trinajstić information content (AvgIpc) is 2.88. The average molecular weight is 359 g/mol. The number of nitrogens with one attached hydrogen (secondary N) is 1. The Kier molecular flexibility index (Phi) is 5.20. The molecule has 142 valence electrons. The molecule has 3 aliphatic rings. The Morgan fingerprint density at radius 1 is 1.08 bits per heavy atom. The highest BCUT2D eigenvalue weighted by Crippen LogP contribution is 2.41. The summed E-state index contributed by atoms with van der Waals surface area (Å²) in [7, 11) is 0. The van der Waals surface area contributed by atoms with Crippen molar-refractivity contribution in [1.82, 2.24) is 0 Å². The van der Waals surface area contributed by atoms with Gasteiger partial charge >= 0.3 is 0 Å². The summed E-state index contributed by atoms with van der Waals surface area (Å²) < 4.78 is 17.7. The van der Waals surface area contributed by atoms with Gasteiger partial charge in [-0.15, -0.1) is 0 Å². The van der Waals surface area contributed by atoms with Gasteiger partial charge in [-0.1, -0.05) is 19.3 Å². The summed E-state index contributed by atoms with van der Waals surface area (Å²) in [4.78, 5) is 4.50. The molecule has 0 radical (unpaired) electrons. The third-order valence-electron chi connectivity index (χ3n) is 5.59. The topological polar surface area (TPSA) is 78.1 Å². The highest BCUT2D eigenvalue weighted by molar-refractivity contribution is 5.92. The number of hydrogen-bond donors (Lipinski definition) is 2. The monoisotopic (exact) mass is 359 g/mol. The van der Waals surface area contributed by atoms with Gasteiger partial charge in [0.15, 0.2) is 17.5 Å². The molecular weight excluding hydrogens is 330 g/mol. The third-order valence-corrected chi connectivity index (χ3v) is 5.59. The van der Waals surface area contributed by atoms with Gasteiger partial charge in [-0.05, 0) is 37.8 Å². The zero-order valence-electron chi connectivity index (χ0n) is 15.3. The minimum absolute atomic E-state index is 0.134. The molecule has 0 bridgehead atoms. The molecule has 1 saturated carbocycles. The molecule has 1 aromatic carbocycles. The van der Waals surface area contributed by atoms with Crippen molar-refractivity contribution in [3.05, 3.63) is 18.2 Å². The molecule has 2 fully saturated rings. The Balaban J connectivity index is 1.32. The maximum Gasteiger partial charge on any atom is 0.193 e. The van der Waals surface area contributed by atoms with E-state index >= 15 is 0 Å². The van der Waals surface area contributed by atoms with Gasteiger partial charge in [-0.2, -0.15) is 0 Å². The van der Waals surface area contributed by atoms with E-state index in [2.05, 4.69) is 10.3 Å². The van der Waals surface area contributed by atoms with E-state index in [1.807, 2.05) is 18.2 Å². The molecule has 1 spiro atoms. The first-order valence-electron chi connectivity index (χ1n) is 9.87. The first-order valence-corrected chi connectivity index (χ1v) is 9.87. The molecule has 2 aliphatic heterocycles. The van der Waals surface area contributed by atoms with E-state index in [-0.39, 0.29) is 11.7 Å². The van der Waals surface area contributed by atoms with Crippen molar-refractivity contribution in [3.63, 3.8) is 0 Å². The number of benzene rings is 1. The van der Waals surface area contributed by atoms with Gasteiger partial charge in [0.2, 0.25) is 0 Å². The van der Waals surface area contributed by atoms with E-state index in [9.17, 15) is 0 Å². The van der Waals surface area contributed by atoms with Crippen LogP contribution in [-0.4, -0.2) is 37.4 Å². The van der Waals surface area contributed by atoms with Crippen molar-refractivity contribution >= 4 is 11.6 Å². The lowest BCUT2D eigenvalue weighted by atomic mass is 9.83. The van der Waals surface area contributed by atoms with Gasteiger partial charge < -0.3 is 25.3 Å². The summed E-state index contributed by atoms with van der Waals surface area (Å²) in [6.07, 6.45) is 9.69. The standard InChI is InChI=1S/C20H29N3O3/c21-19(22-14-16-7-10-20(26-16)8-2-1-3-9-20)23-15-5-6-17-18(13-15)25-12-4-11-24-17/h5-6,13,16H,1-4,7-12,14H2,(H3,21,22,23). The number of ether oxygens (including phenoxy) is 3. The summed E-state index contributed by atoms with van der Waals surface area (Å²) >= 11 is 0. The predicted molar refractivity (Wildman–Crippen MR) is 102 cm³/mol. The summed E-state index contributed by atoms with van der Waals surface area (Å²) in [5.74, 6) is 1.94. The Hall–Kier alpha value is -1.95. The maximum absolute atomic E-state index is 6.35. The van der Waals surface area contributed by atoms with Gasteiger partial charge in [0, 0.05) is 18.2 Å². The number of hydrogen-bond acceptors (Lipinski definition) is 4. The van der Waals surface area contributed by atoms with Crippen molar-refractivity contribution in [2.24, 2.45) is 10.7 Å². The first kappa shape index (κ1) is 17.5. The fourth-order valence-electron chi connectivity index (χ4n) is 4.22. The van der Waals surface area contributed by atoms with Crippen molar-refractivity contribution in [2.45, 2.75) is 63.1 Å². The zero-order valence-corrected chi connectivity index (χ0v) is 15.3. The van der Waals surface area contributed by atoms with E-state index in [4.69, 9.17) is 19.9 Å². The normalized spacial score (nSPS) is 25.1. The second kappa shape index (κ2) is 7.74. The summed E-state index contributed by atoms with van der Waals surface area (Å²) in [6.45, 7) is 1.97. The van der Waals surface area contributed by atoms with Crippen LogP contribution in [0.1, 0.15) is 51.4 Å². The minimum atomic E-state index is 0.134. The Morgan fingerprint density at radius 2 is 1.88 bits per heavy atom. The van der Waals surface area contributed by atoms with Crippen LogP contribution >= 0.6 is 0 Å². The number of guanidine groups is 1. The lowest BCUT2D eigenvalue weighted by molar-refractivity contribution is -0.0598. The van der Waals surface area contributed by atoms with Gasteiger partial charge in [0.05, 0.1) is 31.5 Å². The molecule has 1 aromatic rings.